The summed E-state index contributed by atoms with van der Waals surface area (Å²) in [6.07, 6.45) is 0.993. The van der Waals surface area contributed by atoms with E-state index in [0.717, 1.165) is 24.1 Å². The predicted molar refractivity (Wildman–Crippen MR) is 95.5 cm³/mol. The van der Waals surface area contributed by atoms with E-state index in [1.54, 1.807) is 0 Å². The molecule has 2 N–H and O–H groups in total. The van der Waals surface area contributed by atoms with Crippen LogP contribution < -0.4 is 0 Å². The maximum Gasteiger partial charge on any atom is 0.313 e. The zero-order chi connectivity index (χ0) is 18.8. The zero-order valence-electron chi connectivity index (χ0n) is 12.8. The van der Waals surface area contributed by atoms with Gasteiger partial charge in [-0.1, -0.05) is 11.6 Å². The molecule has 2 aromatic rings. The number of aromatic nitrogens is 2. The number of benzene rings is 1. The van der Waals surface area contributed by atoms with Crippen molar-refractivity contribution in [2.24, 2.45) is 0 Å². The van der Waals surface area contributed by atoms with Gasteiger partial charge in [0.1, 0.15) is 11.5 Å². The molecule has 0 spiro atoms. The van der Waals surface area contributed by atoms with E-state index in [0.29, 0.717) is 5.56 Å². The van der Waals surface area contributed by atoms with Crippen LogP contribution in [0, 0.1) is 5.82 Å². The molecule has 0 fully saturated rings. The Hall–Kier alpha value is -1.29. The molecule has 0 aliphatic heterocycles. The molecule has 1 aromatic heterocycles. The van der Waals surface area contributed by atoms with Gasteiger partial charge in [0.2, 0.25) is 0 Å². The summed E-state index contributed by atoms with van der Waals surface area (Å²) >= 11 is 12.9. The molecule has 0 saturated heterocycles. The van der Waals surface area contributed by atoms with E-state index in [-0.39, 0.29) is 44.3 Å². The van der Waals surface area contributed by atoms with Gasteiger partial charge < -0.3 is 5.11 Å². The van der Waals surface area contributed by atoms with Crippen LogP contribution in [0.3, 0.4) is 0 Å². The standard InChI is InChI=1S/C14H13Cl2FN2O4S2/c1-25(22,23)14-9(4-15)13(18-19-14)8-2-7(5-24-6-12(20)21)10(16)3-11(8)17/h2-3H,4-6H2,1H3,(H,18,19)(H,20,21). The number of rotatable bonds is 7. The number of carbonyl (C=O) groups is 1. The van der Waals surface area contributed by atoms with Gasteiger partial charge in [-0.3, -0.25) is 9.89 Å². The van der Waals surface area contributed by atoms with Crippen molar-refractivity contribution < 1.29 is 22.7 Å². The summed E-state index contributed by atoms with van der Waals surface area (Å²) in [7, 11) is -3.61. The Morgan fingerprint density at radius 1 is 1.44 bits per heavy atom. The summed E-state index contributed by atoms with van der Waals surface area (Å²) in [5, 5.41) is 14.9. The third-order valence-corrected chi connectivity index (χ3v) is 5.87. The third kappa shape index (κ3) is 4.66. The fourth-order valence-electron chi connectivity index (χ4n) is 2.14. The van der Waals surface area contributed by atoms with Crippen molar-refractivity contribution in [3.63, 3.8) is 0 Å². The number of sulfone groups is 1. The lowest BCUT2D eigenvalue weighted by Crippen LogP contribution is -2.01. The molecule has 0 amide bonds. The van der Waals surface area contributed by atoms with Gasteiger partial charge in [-0.2, -0.15) is 5.10 Å². The van der Waals surface area contributed by atoms with Gasteiger partial charge in [-0.15, -0.1) is 23.4 Å². The van der Waals surface area contributed by atoms with Gasteiger partial charge in [0.05, 0.1) is 11.6 Å². The van der Waals surface area contributed by atoms with Crippen molar-refractivity contribution in [2.75, 3.05) is 12.0 Å². The first kappa shape index (κ1) is 20.0. The quantitative estimate of drug-likeness (QED) is 0.658. The van der Waals surface area contributed by atoms with Gasteiger partial charge >= 0.3 is 5.97 Å². The van der Waals surface area contributed by atoms with Crippen molar-refractivity contribution in [1.29, 1.82) is 0 Å². The van der Waals surface area contributed by atoms with Crippen molar-refractivity contribution in [3.8, 4) is 11.3 Å². The van der Waals surface area contributed by atoms with Crippen LogP contribution in [-0.4, -0.2) is 41.7 Å². The average Bonchev–Trinajstić information content (AvgIpc) is 2.92. The molecule has 0 aliphatic carbocycles. The summed E-state index contributed by atoms with van der Waals surface area (Å²) < 4.78 is 37.9. The predicted octanol–water partition coefficient (Wildman–Crippen LogP) is 3.33. The SMILES string of the molecule is CS(=O)(=O)c1[nH]nc(-c2cc(CSCC(=O)O)c(Cl)cc2F)c1CCl. The highest BCUT2D eigenvalue weighted by atomic mass is 35.5. The smallest absolute Gasteiger partial charge is 0.313 e. The van der Waals surface area contributed by atoms with Crippen LogP contribution in [0.5, 0.6) is 0 Å². The largest absolute Gasteiger partial charge is 0.481 e. The maximum absolute atomic E-state index is 14.4. The Morgan fingerprint density at radius 3 is 2.68 bits per heavy atom. The van der Waals surface area contributed by atoms with Crippen LogP contribution >= 0.6 is 35.0 Å². The van der Waals surface area contributed by atoms with Crippen LogP contribution in [0.2, 0.25) is 5.02 Å². The fourth-order valence-corrected chi connectivity index (χ4v) is 4.34. The molecular weight excluding hydrogens is 414 g/mol. The topological polar surface area (TPSA) is 100 Å². The summed E-state index contributed by atoms with van der Waals surface area (Å²) in [5.41, 5.74) is 0.787. The van der Waals surface area contributed by atoms with E-state index < -0.39 is 21.6 Å². The Morgan fingerprint density at radius 2 is 2.12 bits per heavy atom. The minimum atomic E-state index is -3.61. The molecule has 0 atom stereocenters. The highest BCUT2D eigenvalue weighted by Crippen LogP contribution is 2.34. The number of hydrogen-bond acceptors (Lipinski definition) is 5. The average molecular weight is 427 g/mol. The van der Waals surface area contributed by atoms with E-state index in [1.165, 1.54) is 6.07 Å². The van der Waals surface area contributed by atoms with Crippen molar-refractivity contribution in [1.82, 2.24) is 10.2 Å². The van der Waals surface area contributed by atoms with Gasteiger partial charge in [-0.25, -0.2) is 12.8 Å². The number of aromatic amines is 1. The third-order valence-electron chi connectivity index (χ3n) is 3.21. The van der Waals surface area contributed by atoms with Gasteiger partial charge in [0.15, 0.2) is 14.9 Å². The Labute approximate surface area is 157 Å². The second-order valence-electron chi connectivity index (χ2n) is 5.10. The number of hydrogen-bond donors (Lipinski definition) is 2. The molecule has 25 heavy (non-hydrogen) atoms. The normalized spacial score (nSPS) is 11.7. The number of aliphatic carboxylic acids is 1. The number of nitrogens with one attached hydrogen (secondary N) is 1. The van der Waals surface area contributed by atoms with Crippen LogP contribution in [0.4, 0.5) is 4.39 Å². The van der Waals surface area contributed by atoms with Crippen LogP contribution in [-0.2, 0) is 26.3 Å². The second kappa shape index (κ2) is 7.94. The number of halogens is 3. The molecule has 1 heterocycles. The monoisotopic (exact) mass is 426 g/mol. The second-order valence-corrected chi connectivity index (χ2v) is 8.71. The summed E-state index contributed by atoms with van der Waals surface area (Å²) in [6.45, 7) is 0. The molecule has 0 saturated carbocycles. The van der Waals surface area contributed by atoms with Crippen molar-refractivity contribution in [2.45, 2.75) is 16.7 Å². The van der Waals surface area contributed by atoms with Crippen LogP contribution in [0.1, 0.15) is 11.1 Å². The number of carboxylic acid groups (broad SMARTS) is 1. The van der Waals surface area contributed by atoms with E-state index in [9.17, 15) is 17.6 Å². The number of nitrogens with zero attached hydrogens (tertiary/aromatic N) is 1. The summed E-state index contributed by atoms with van der Waals surface area (Å²) in [6, 6.07) is 2.51. The lowest BCUT2D eigenvalue weighted by Gasteiger charge is -2.09. The minimum absolute atomic E-state index is 0.0390. The summed E-state index contributed by atoms with van der Waals surface area (Å²) in [5.74, 6) is -1.72. The molecule has 0 unspecified atom stereocenters. The Bertz CT molecular complexity index is 916. The molecule has 1 aromatic carbocycles. The number of thioether (sulfide) groups is 1. The Kier molecular flexibility index (Phi) is 6.36. The first-order valence-corrected chi connectivity index (χ1v) is 10.7. The van der Waals surface area contributed by atoms with E-state index in [2.05, 4.69) is 10.2 Å². The molecular formula is C14H13Cl2FN2O4S2. The fraction of sp³-hybridized carbons (Fsp3) is 0.286. The molecule has 11 heteroatoms. The number of carboxylic acids is 1. The maximum atomic E-state index is 14.4. The van der Waals surface area contributed by atoms with E-state index in [1.807, 2.05) is 0 Å². The lowest BCUT2D eigenvalue weighted by molar-refractivity contribution is -0.133. The zero-order valence-corrected chi connectivity index (χ0v) is 16.0. The van der Waals surface area contributed by atoms with Gasteiger partial charge in [0.25, 0.3) is 0 Å². The summed E-state index contributed by atoms with van der Waals surface area (Å²) in [4.78, 5) is 10.6. The molecule has 0 aliphatic rings. The van der Waals surface area contributed by atoms with Gasteiger partial charge in [-0.05, 0) is 17.7 Å². The first-order chi connectivity index (χ1) is 11.6. The minimum Gasteiger partial charge on any atom is -0.481 e. The van der Waals surface area contributed by atoms with E-state index >= 15 is 0 Å². The highest BCUT2D eigenvalue weighted by Gasteiger charge is 2.23. The first-order valence-electron chi connectivity index (χ1n) is 6.76. The lowest BCUT2D eigenvalue weighted by atomic mass is 10.1. The number of H-pyrrole nitrogens is 1. The van der Waals surface area contributed by atoms with Gasteiger partial charge in [0, 0.05) is 28.2 Å². The van der Waals surface area contributed by atoms with Crippen molar-refractivity contribution >= 4 is 50.8 Å². The molecule has 0 bridgehead atoms. The Balaban J connectivity index is 2.49. The number of alkyl halides is 1. The molecule has 136 valence electrons. The van der Waals surface area contributed by atoms with E-state index in [4.69, 9.17) is 28.3 Å². The van der Waals surface area contributed by atoms with Crippen molar-refractivity contribution in [3.05, 3.63) is 34.1 Å². The molecule has 0 radical (unpaired) electrons. The van der Waals surface area contributed by atoms with Crippen LogP contribution in [0.25, 0.3) is 11.3 Å². The van der Waals surface area contributed by atoms with Crippen LogP contribution in [0.15, 0.2) is 17.2 Å². The molecule has 2 rings (SSSR count). The highest BCUT2D eigenvalue weighted by molar-refractivity contribution is 7.99. The molecule has 6 nitrogen and oxygen atoms in total.